The molecule has 0 fully saturated rings. The van der Waals surface area contributed by atoms with Crippen LogP contribution in [-0.4, -0.2) is 80.0 Å². The van der Waals surface area contributed by atoms with E-state index in [1.165, 1.54) is 22.9 Å². The van der Waals surface area contributed by atoms with Crippen LogP contribution in [0.3, 0.4) is 0 Å². The first kappa shape index (κ1) is 31.5. The number of likely N-dealkylation sites (N-methyl/N-ethyl adjacent to an activating group) is 3. The molecule has 212 valence electrons. The maximum absolute atomic E-state index is 13.8. The molecule has 0 aromatic heterocycles. The monoisotopic (exact) mass is 538 g/mol. The molecule has 0 aliphatic rings. The van der Waals surface area contributed by atoms with Gasteiger partial charge in [0, 0.05) is 33.1 Å². The number of methoxy groups -OCH3 is 1. The van der Waals surface area contributed by atoms with Gasteiger partial charge in [-0.1, -0.05) is 48.5 Å². The fourth-order valence-corrected chi connectivity index (χ4v) is 3.89. The molecule has 0 bridgehead atoms. The van der Waals surface area contributed by atoms with Gasteiger partial charge < -0.3 is 30.3 Å². The van der Waals surface area contributed by atoms with E-state index in [1.807, 2.05) is 56.3 Å². The minimum atomic E-state index is -0.954. The van der Waals surface area contributed by atoms with Gasteiger partial charge in [0.25, 0.3) is 0 Å². The number of benzene rings is 2. The number of nitrogens with one attached hydrogen (secondary N) is 1. The van der Waals surface area contributed by atoms with E-state index in [2.05, 4.69) is 5.32 Å². The van der Waals surface area contributed by atoms with Crippen molar-refractivity contribution in [3.05, 3.63) is 77.9 Å². The van der Waals surface area contributed by atoms with Crippen LogP contribution in [-0.2, 0) is 32.1 Å². The van der Waals surface area contributed by atoms with Gasteiger partial charge in [-0.2, -0.15) is 0 Å². The number of nitrogens with zero attached hydrogens (tertiary/aromatic N) is 2. The van der Waals surface area contributed by atoms with Gasteiger partial charge in [0.1, 0.15) is 17.8 Å². The Morgan fingerprint density at radius 1 is 0.974 bits per heavy atom. The Morgan fingerprint density at radius 3 is 2.18 bits per heavy atom. The fourth-order valence-electron chi connectivity index (χ4n) is 3.89. The molecule has 39 heavy (non-hydrogen) atoms. The summed E-state index contributed by atoms with van der Waals surface area (Å²) in [4.78, 5) is 42.5. The van der Waals surface area contributed by atoms with Crippen molar-refractivity contribution in [1.29, 1.82) is 0 Å². The van der Waals surface area contributed by atoms with E-state index in [-0.39, 0.29) is 31.4 Å². The van der Waals surface area contributed by atoms with E-state index in [0.29, 0.717) is 12.2 Å². The number of hydrogen-bond acceptors (Lipinski definition) is 6. The van der Waals surface area contributed by atoms with Crippen LogP contribution in [0.5, 0.6) is 5.75 Å². The lowest BCUT2D eigenvalue weighted by Gasteiger charge is -2.34. The third-order valence-electron chi connectivity index (χ3n) is 6.34. The SMILES string of the molecule is CNC(=O)[C@@H](Cc1ccc(OC)cc1)N(C)C(=O)[C@@H](COCc1ccccc1)N(C)C(=O)/C=C/CC(C)(C)N. The zero-order chi connectivity index (χ0) is 29.0. The molecule has 0 saturated carbocycles. The van der Waals surface area contributed by atoms with Crippen LogP contribution in [0.1, 0.15) is 31.4 Å². The zero-order valence-corrected chi connectivity index (χ0v) is 23.8. The number of hydrogen-bond donors (Lipinski definition) is 2. The van der Waals surface area contributed by atoms with Crippen LogP contribution >= 0.6 is 0 Å². The molecule has 2 rings (SSSR count). The number of carbonyl (C=O) groups is 3. The van der Waals surface area contributed by atoms with E-state index in [1.54, 1.807) is 39.4 Å². The summed E-state index contributed by atoms with van der Waals surface area (Å²) in [5, 5.41) is 2.65. The first-order valence-electron chi connectivity index (χ1n) is 12.9. The average molecular weight is 539 g/mol. The highest BCUT2D eigenvalue weighted by Gasteiger charge is 2.34. The topological polar surface area (TPSA) is 114 Å². The Labute approximate surface area is 231 Å². The van der Waals surface area contributed by atoms with E-state index in [9.17, 15) is 14.4 Å². The first-order chi connectivity index (χ1) is 18.5. The van der Waals surface area contributed by atoms with E-state index in [0.717, 1.165) is 11.1 Å². The number of rotatable bonds is 14. The number of amides is 3. The summed E-state index contributed by atoms with van der Waals surface area (Å²) < 4.78 is 11.1. The van der Waals surface area contributed by atoms with Crippen LogP contribution < -0.4 is 15.8 Å². The Kier molecular flexibility index (Phi) is 12.2. The second-order valence-electron chi connectivity index (χ2n) is 10.2. The molecule has 0 aliphatic carbocycles. The van der Waals surface area contributed by atoms with Crippen molar-refractivity contribution in [3.63, 3.8) is 0 Å². The van der Waals surface area contributed by atoms with Crippen molar-refractivity contribution in [2.45, 2.75) is 50.9 Å². The predicted molar refractivity (Wildman–Crippen MR) is 152 cm³/mol. The molecular formula is C30H42N4O5. The molecule has 0 aliphatic heterocycles. The number of ether oxygens (including phenoxy) is 2. The molecule has 0 saturated heterocycles. The molecular weight excluding hydrogens is 496 g/mol. The lowest BCUT2D eigenvalue weighted by atomic mass is 10.0. The molecule has 9 heteroatoms. The van der Waals surface area contributed by atoms with Crippen LogP contribution in [0.2, 0.25) is 0 Å². The standard InChI is InChI=1S/C30H42N4O5/c1-30(2,31)18-10-13-27(35)33(4)26(21-39-20-23-11-8-7-9-12-23)29(37)34(5)25(28(36)32-3)19-22-14-16-24(38-6)17-15-22/h7-17,25-26H,18-21,31H2,1-6H3,(H,32,36)/b13-10+/t25-,26-/m1/s1. The first-order valence-corrected chi connectivity index (χ1v) is 12.9. The summed E-state index contributed by atoms with van der Waals surface area (Å²) in [5.41, 5.74) is 7.35. The molecule has 9 nitrogen and oxygen atoms in total. The van der Waals surface area contributed by atoms with E-state index in [4.69, 9.17) is 15.2 Å². The van der Waals surface area contributed by atoms with Crippen LogP contribution in [0.4, 0.5) is 0 Å². The molecule has 3 N–H and O–H groups in total. The summed E-state index contributed by atoms with van der Waals surface area (Å²) in [5.74, 6) is -0.388. The maximum atomic E-state index is 13.8. The second-order valence-corrected chi connectivity index (χ2v) is 10.2. The molecule has 0 spiro atoms. The van der Waals surface area contributed by atoms with Crippen molar-refractivity contribution >= 4 is 17.7 Å². The van der Waals surface area contributed by atoms with Crippen LogP contribution in [0.15, 0.2) is 66.7 Å². The maximum Gasteiger partial charge on any atom is 0.248 e. The van der Waals surface area contributed by atoms with Crippen molar-refractivity contribution in [3.8, 4) is 5.75 Å². The van der Waals surface area contributed by atoms with Crippen molar-refractivity contribution < 1.29 is 23.9 Å². The third-order valence-corrected chi connectivity index (χ3v) is 6.34. The zero-order valence-electron chi connectivity index (χ0n) is 23.8. The lowest BCUT2D eigenvalue weighted by Crippen LogP contribution is -2.56. The largest absolute Gasteiger partial charge is 0.497 e. The summed E-state index contributed by atoms with van der Waals surface area (Å²) in [6.07, 6.45) is 3.90. The normalized spacial score (nSPS) is 13.0. The van der Waals surface area contributed by atoms with E-state index < -0.39 is 23.5 Å². The number of nitrogens with two attached hydrogens (primary N) is 1. The summed E-state index contributed by atoms with van der Waals surface area (Å²) in [7, 11) is 6.24. The van der Waals surface area contributed by atoms with Crippen LogP contribution in [0.25, 0.3) is 0 Å². The third kappa shape index (κ3) is 10.2. The minimum absolute atomic E-state index is 0.0421. The van der Waals surface area contributed by atoms with Gasteiger partial charge >= 0.3 is 0 Å². The Balaban J connectivity index is 2.27. The molecule has 3 amide bonds. The molecule has 2 aromatic rings. The molecule has 2 aromatic carbocycles. The minimum Gasteiger partial charge on any atom is -0.497 e. The van der Waals surface area contributed by atoms with Gasteiger partial charge in [-0.15, -0.1) is 0 Å². The highest BCUT2D eigenvalue weighted by molar-refractivity contribution is 5.94. The fraction of sp³-hybridized carbons (Fsp3) is 0.433. The summed E-state index contributed by atoms with van der Waals surface area (Å²) >= 11 is 0. The van der Waals surface area contributed by atoms with Crippen molar-refractivity contribution in [2.24, 2.45) is 5.73 Å². The van der Waals surface area contributed by atoms with Crippen molar-refractivity contribution in [2.75, 3.05) is 34.9 Å². The van der Waals surface area contributed by atoms with Gasteiger partial charge in [-0.25, -0.2) is 0 Å². The molecule has 2 atom stereocenters. The number of carbonyl (C=O) groups excluding carboxylic acids is 3. The Bertz CT molecular complexity index is 1100. The highest BCUT2D eigenvalue weighted by atomic mass is 16.5. The van der Waals surface area contributed by atoms with Gasteiger partial charge in [-0.05, 0) is 49.6 Å². The van der Waals surface area contributed by atoms with Gasteiger partial charge in [-0.3, -0.25) is 14.4 Å². The summed E-state index contributed by atoms with van der Waals surface area (Å²) in [6, 6.07) is 15.1. The molecule has 0 unspecified atom stereocenters. The van der Waals surface area contributed by atoms with Gasteiger partial charge in [0.15, 0.2) is 0 Å². The predicted octanol–water partition coefficient (Wildman–Crippen LogP) is 2.54. The van der Waals surface area contributed by atoms with E-state index >= 15 is 0 Å². The van der Waals surface area contributed by atoms with Crippen molar-refractivity contribution in [1.82, 2.24) is 15.1 Å². The molecule has 0 heterocycles. The smallest absolute Gasteiger partial charge is 0.248 e. The lowest BCUT2D eigenvalue weighted by molar-refractivity contribution is -0.148. The highest BCUT2D eigenvalue weighted by Crippen LogP contribution is 2.16. The molecule has 0 radical (unpaired) electrons. The Hall–Kier alpha value is -3.69. The average Bonchev–Trinajstić information content (AvgIpc) is 2.92. The van der Waals surface area contributed by atoms with Gasteiger partial charge in [0.05, 0.1) is 20.3 Å². The quantitative estimate of drug-likeness (QED) is 0.358. The Morgan fingerprint density at radius 2 is 1.62 bits per heavy atom. The second kappa shape index (κ2) is 15.0. The summed E-state index contributed by atoms with van der Waals surface area (Å²) in [6.45, 7) is 3.97. The van der Waals surface area contributed by atoms with Crippen LogP contribution in [0, 0.1) is 0 Å². The van der Waals surface area contributed by atoms with Gasteiger partial charge in [0.2, 0.25) is 17.7 Å².